The van der Waals surface area contributed by atoms with Crippen LogP contribution in [0.5, 0.6) is 5.75 Å². The Balaban J connectivity index is 1.34. The standard InChI is InChI=1S/C24H31N3O3/c1-29-20-9-5-8-17-10-15-30-24(21(17)20)11-13-27(14-12-24)23(28)19-16-25-26-22(19)18-6-3-2-4-7-18/h5,8-9,16,18H,2-4,6-7,10-15H2,1H3,(H,25,26). The maximum atomic E-state index is 13.4. The lowest BCUT2D eigenvalue weighted by molar-refractivity contribution is -0.0946. The normalized spacial score (nSPS) is 21.4. The largest absolute Gasteiger partial charge is 0.496 e. The molecule has 5 rings (SSSR count). The molecule has 2 aliphatic heterocycles. The van der Waals surface area contributed by atoms with Crippen molar-refractivity contribution in [3.05, 3.63) is 46.8 Å². The van der Waals surface area contributed by atoms with Gasteiger partial charge in [-0.15, -0.1) is 0 Å². The lowest BCUT2D eigenvalue weighted by atomic mass is 9.78. The highest BCUT2D eigenvalue weighted by molar-refractivity contribution is 5.95. The van der Waals surface area contributed by atoms with Crippen LogP contribution in [0.15, 0.2) is 24.4 Å². The third-order valence-electron chi connectivity index (χ3n) is 7.31. The van der Waals surface area contributed by atoms with Crippen molar-refractivity contribution in [2.24, 2.45) is 0 Å². The molecule has 2 aromatic rings. The predicted molar refractivity (Wildman–Crippen MR) is 114 cm³/mol. The van der Waals surface area contributed by atoms with E-state index >= 15 is 0 Å². The van der Waals surface area contributed by atoms with Crippen LogP contribution in [0.25, 0.3) is 0 Å². The Bertz CT molecular complexity index is 894. The van der Waals surface area contributed by atoms with Gasteiger partial charge in [-0.05, 0) is 43.7 Å². The lowest BCUT2D eigenvalue weighted by Crippen LogP contribution is -2.48. The molecule has 1 spiro atoms. The number of hydrogen-bond donors (Lipinski definition) is 1. The van der Waals surface area contributed by atoms with Crippen molar-refractivity contribution in [3.8, 4) is 5.75 Å². The highest BCUT2D eigenvalue weighted by Crippen LogP contribution is 2.46. The number of hydrogen-bond acceptors (Lipinski definition) is 4. The number of likely N-dealkylation sites (tertiary alicyclic amines) is 1. The Morgan fingerprint density at radius 3 is 2.80 bits per heavy atom. The predicted octanol–water partition coefficient (Wildman–Crippen LogP) is 4.17. The Hall–Kier alpha value is -2.34. The zero-order valence-corrected chi connectivity index (χ0v) is 17.8. The van der Waals surface area contributed by atoms with Crippen molar-refractivity contribution in [1.82, 2.24) is 15.1 Å². The minimum Gasteiger partial charge on any atom is -0.496 e. The fourth-order valence-electron chi connectivity index (χ4n) is 5.71. The van der Waals surface area contributed by atoms with Gasteiger partial charge in [0.25, 0.3) is 5.91 Å². The number of rotatable bonds is 3. The van der Waals surface area contributed by atoms with E-state index in [1.54, 1.807) is 13.3 Å². The molecule has 1 aromatic carbocycles. The topological polar surface area (TPSA) is 67.5 Å². The zero-order chi connectivity index (χ0) is 20.6. The quantitative estimate of drug-likeness (QED) is 0.826. The van der Waals surface area contributed by atoms with Crippen LogP contribution in [0.1, 0.15) is 78.0 Å². The number of carbonyl (C=O) groups excluding carboxylic acids is 1. The summed E-state index contributed by atoms with van der Waals surface area (Å²) in [6, 6.07) is 6.26. The molecule has 3 heterocycles. The van der Waals surface area contributed by atoms with Crippen molar-refractivity contribution in [2.45, 2.75) is 62.9 Å². The number of aromatic amines is 1. The first-order valence-corrected chi connectivity index (χ1v) is 11.3. The summed E-state index contributed by atoms with van der Waals surface area (Å²) in [6.45, 7) is 2.10. The van der Waals surface area contributed by atoms with E-state index in [2.05, 4.69) is 22.3 Å². The maximum Gasteiger partial charge on any atom is 0.257 e. The molecule has 30 heavy (non-hydrogen) atoms. The molecule has 0 atom stereocenters. The molecule has 160 valence electrons. The molecule has 6 heteroatoms. The summed E-state index contributed by atoms with van der Waals surface area (Å²) in [6.07, 6.45) is 10.3. The van der Waals surface area contributed by atoms with Crippen LogP contribution in [-0.4, -0.2) is 47.8 Å². The van der Waals surface area contributed by atoms with Crippen molar-refractivity contribution >= 4 is 5.91 Å². The van der Waals surface area contributed by atoms with Crippen LogP contribution in [0.4, 0.5) is 0 Å². The van der Waals surface area contributed by atoms with E-state index in [4.69, 9.17) is 9.47 Å². The SMILES string of the molecule is COc1cccc2c1C1(CCN(C(=O)c3cn[nH]c3C3CCCCC3)CC1)OCC2. The molecular formula is C24H31N3O3. The van der Waals surface area contributed by atoms with Gasteiger partial charge in [-0.1, -0.05) is 31.4 Å². The molecule has 1 aromatic heterocycles. The second-order valence-corrected chi connectivity index (χ2v) is 8.91. The van der Waals surface area contributed by atoms with E-state index < -0.39 is 0 Å². The summed E-state index contributed by atoms with van der Waals surface area (Å²) in [7, 11) is 1.72. The summed E-state index contributed by atoms with van der Waals surface area (Å²) >= 11 is 0. The van der Waals surface area contributed by atoms with Gasteiger partial charge in [-0.3, -0.25) is 9.89 Å². The number of carbonyl (C=O) groups is 1. The van der Waals surface area contributed by atoms with Crippen molar-refractivity contribution in [1.29, 1.82) is 0 Å². The van der Waals surface area contributed by atoms with E-state index in [0.717, 1.165) is 55.7 Å². The fraction of sp³-hybridized carbons (Fsp3) is 0.583. The van der Waals surface area contributed by atoms with Crippen LogP contribution < -0.4 is 4.74 Å². The van der Waals surface area contributed by atoms with Gasteiger partial charge in [0.2, 0.25) is 0 Å². The highest BCUT2D eigenvalue weighted by atomic mass is 16.5. The summed E-state index contributed by atoms with van der Waals surface area (Å²) in [5, 5.41) is 7.38. The average Bonchev–Trinajstić information content (AvgIpc) is 3.29. The fourth-order valence-corrected chi connectivity index (χ4v) is 5.71. The van der Waals surface area contributed by atoms with Crippen molar-refractivity contribution in [3.63, 3.8) is 0 Å². The number of amides is 1. The van der Waals surface area contributed by atoms with Crippen LogP contribution in [0.3, 0.4) is 0 Å². The molecular weight excluding hydrogens is 378 g/mol. The first kappa shape index (κ1) is 19.6. The van der Waals surface area contributed by atoms with Gasteiger partial charge in [0, 0.05) is 24.6 Å². The van der Waals surface area contributed by atoms with Crippen LogP contribution in [0, 0.1) is 0 Å². The first-order valence-electron chi connectivity index (χ1n) is 11.3. The monoisotopic (exact) mass is 409 g/mol. The molecule has 0 unspecified atom stereocenters. The Kier molecular flexibility index (Phi) is 5.27. The number of methoxy groups -OCH3 is 1. The minimum atomic E-state index is -0.348. The van der Waals surface area contributed by atoms with Crippen molar-refractivity contribution in [2.75, 3.05) is 26.8 Å². The average molecular weight is 410 g/mol. The molecule has 6 nitrogen and oxygen atoms in total. The minimum absolute atomic E-state index is 0.107. The van der Waals surface area contributed by atoms with E-state index in [-0.39, 0.29) is 11.5 Å². The van der Waals surface area contributed by atoms with Crippen LogP contribution in [-0.2, 0) is 16.8 Å². The molecule has 1 amide bonds. The van der Waals surface area contributed by atoms with Gasteiger partial charge in [-0.2, -0.15) is 5.10 Å². The summed E-state index contributed by atoms with van der Waals surface area (Å²) in [5.74, 6) is 1.45. The van der Waals surface area contributed by atoms with E-state index in [0.29, 0.717) is 19.0 Å². The lowest BCUT2D eigenvalue weighted by Gasteiger charge is -2.45. The third kappa shape index (κ3) is 3.31. The summed E-state index contributed by atoms with van der Waals surface area (Å²) in [5.41, 5.74) is 3.97. The molecule has 1 saturated carbocycles. The molecule has 1 aliphatic carbocycles. The van der Waals surface area contributed by atoms with Gasteiger partial charge in [0.1, 0.15) is 11.4 Å². The van der Waals surface area contributed by atoms with Gasteiger partial charge in [0.05, 0.1) is 31.2 Å². The molecule has 3 aliphatic rings. The maximum absolute atomic E-state index is 13.4. The first-order chi connectivity index (χ1) is 14.7. The van der Waals surface area contributed by atoms with E-state index in [1.807, 2.05) is 11.0 Å². The van der Waals surface area contributed by atoms with Crippen molar-refractivity contribution < 1.29 is 14.3 Å². The molecule has 1 saturated heterocycles. The number of piperidine rings is 1. The summed E-state index contributed by atoms with van der Waals surface area (Å²) < 4.78 is 12.1. The van der Waals surface area contributed by atoms with Gasteiger partial charge < -0.3 is 14.4 Å². The Morgan fingerprint density at radius 1 is 1.23 bits per heavy atom. The number of benzene rings is 1. The number of H-pyrrole nitrogens is 1. The third-order valence-corrected chi connectivity index (χ3v) is 7.31. The smallest absolute Gasteiger partial charge is 0.257 e. The molecule has 0 bridgehead atoms. The van der Waals surface area contributed by atoms with Gasteiger partial charge >= 0.3 is 0 Å². The van der Waals surface area contributed by atoms with Gasteiger partial charge in [-0.25, -0.2) is 0 Å². The number of fused-ring (bicyclic) bond motifs is 2. The molecule has 0 radical (unpaired) electrons. The molecule has 2 fully saturated rings. The summed E-state index contributed by atoms with van der Waals surface area (Å²) in [4.78, 5) is 15.3. The zero-order valence-electron chi connectivity index (χ0n) is 17.8. The van der Waals surface area contributed by atoms with Crippen LogP contribution >= 0.6 is 0 Å². The molecule has 1 N–H and O–H groups in total. The number of nitrogens with one attached hydrogen (secondary N) is 1. The van der Waals surface area contributed by atoms with Crippen LogP contribution in [0.2, 0.25) is 0 Å². The number of aromatic nitrogens is 2. The Labute approximate surface area is 177 Å². The van der Waals surface area contributed by atoms with E-state index in [1.165, 1.54) is 30.4 Å². The Morgan fingerprint density at radius 2 is 2.03 bits per heavy atom. The van der Waals surface area contributed by atoms with E-state index in [9.17, 15) is 4.79 Å². The number of nitrogens with zero attached hydrogens (tertiary/aromatic N) is 2. The second-order valence-electron chi connectivity index (χ2n) is 8.91. The second kappa shape index (κ2) is 8.06. The van der Waals surface area contributed by atoms with Gasteiger partial charge in [0.15, 0.2) is 0 Å². The number of ether oxygens (including phenoxy) is 2. The highest BCUT2D eigenvalue weighted by Gasteiger charge is 2.44.